The molecule has 0 N–H and O–H groups in total. The van der Waals surface area contributed by atoms with Crippen LogP contribution >= 0.6 is 0 Å². The molecule has 0 saturated carbocycles. The Hall–Kier alpha value is -3.64. The third-order valence-corrected chi connectivity index (χ3v) is 5.98. The van der Waals surface area contributed by atoms with E-state index in [0.29, 0.717) is 0 Å². The van der Waals surface area contributed by atoms with Gasteiger partial charge < -0.3 is 0 Å². The monoisotopic (exact) mass is 384 g/mol. The Kier molecular flexibility index (Phi) is 4.69. The van der Waals surface area contributed by atoms with Gasteiger partial charge in [-0.3, -0.25) is 0 Å². The van der Waals surface area contributed by atoms with Gasteiger partial charge in [0.2, 0.25) is 0 Å². The molecule has 0 aliphatic heterocycles. The molecule has 30 heavy (non-hydrogen) atoms. The van der Waals surface area contributed by atoms with E-state index >= 15 is 0 Å². The fraction of sp³-hybridized carbons (Fsp3) is 0.0667. The number of rotatable bonds is 5. The first-order chi connectivity index (χ1) is 14.9. The van der Waals surface area contributed by atoms with E-state index in [1.165, 1.54) is 39.0 Å². The molecule has 0 atom stereocenters. The molecule has 0 fully saturated rings. The SMILES string of the molecule is C/C=C\c1ccccc1C1(c2ccccc2)C(c2ccccc2)=C1c1ccccc1. The second kappa shape index (κ2) is 7.65. The zero-order valence-electron chi connectivity index (χ0n) is 17.1. The van der Waals surface area contributed by atoms with Crippen LogP contribution in [0.3, 0.4) is 0 Å². The van der Waals surface area contributed by atoms with Gasteiger partial charge in [-0.2, -0.15) is 0 Å². The average Bonchev–Trinajstić information content (AvgIpc) is 3.52. The summed E-state index contributed by atoms with van der Waals surface area (Å²) in [4.78, 5) is 0. The van der Waals surface area contributed by atoms with Gasteiger partial charge in [0.25, 0.3) is 0 Å². The van der Waals surface area contributed by atoms with Crippen LogP contribution in [0.1, 0.15) is 34.7 Å². The standard InChI is InChI=1S/C30H24/c1-2-14-23-15-12-13-22-27(23)30(26-20-10-5-11-21-26)28(24-16-6-3-7-17-24)29(30)25-18-8-4-9-19-25/h2-22H,1H3/b14-2-. The third kappa shape index (κ3) is 2.84. The molecular formula is C30H24. The zero-order chi connectivity index (χ0) is 20.4. The summed E-state index contributed by atoms with van der Waals surface area (Å²) < 4.78 is 0. The Morgan fingerprint density at radius 2 is 1.00 bits per heavy atom. The fourth-order valence-electron chi connectivity index (χ4n) is 4.78. The highest BCUT2D eigenvalue weighted by Gasteiger charge is 2.57. The summed E-state index contributed by atoms with van der Waals surface area (Å²) in [5, 5.41) is 0. The van der Waals surface area contributed by atoms with Crippen LogP contribution in [-0.4, -0.2) is 0 Å². The molecule has 144 valence electrons. The van der Waals surface area contributed by atoms with Gasteiger partial charge in [-0.25, -0.2) is 0 Å². The first-order valence-electron chi connectivity index (χ1n) is 10.5. The predicted molar refractivity (Wildman–Crippen MR) is 128 cm³/mol. The number of benzene rings is 4. The Morgan fingerprint density at radius 1 is 0.533 bits per heavy atom. The minimum Gasteiger partial charge on any atom is -0.0871 e. The third-order valence-electron chi connectivity index (χ3n) is 5.98. The summed E-state index contributed by atoms with van der Waals surface area (Å²) in [5.41, 5.74) is 9.05. The van der Waals surface area contributed by atoms with Crippen molar-refractivity contribution < 1.29 is 0 Å². The summed E-state index contributed by atoms with van der Waals surface area (Å²) in [6, 6.07) is 41.4. The normalized spacial score (nSPS) is 14.8. The van der Waals surface area contributed by atoms with Crippen molar-refractivity contribution in [3.8, 4) is 0 Å². The molecule has 0 radical (unpaired) electrons. The maximum absolute atomic E-state index is 2.29. The van der Waals surface area contributed by atoms with E-state index in [0.717, 1.165) is 0 Å². The summed E-state index contributed by atoms with van der Waals surface area (Å²) in [5.74, 6) is 0. The number of allylic oxidation sites excluding steroid dienone is 3. The predicted octanol–water partition coefficient (Wildman–Crippen LogP) is 7.63. The smallest absolute Gasteiger partial charge is 0.0725 e. The molecule has 0 heteroatoms. The molecular weight excluding hydrogens is 360 g/mol. The van der Waals surface area contributed by atoms with Gasteiger partial charge in [-0.15, -0.1) is 0 Å². The Morgan fingerprint density at radius 3 is 1.53 bits per heavy atom. The van der Waals surface area contributed by atoms with Gasteiger partial charge in [0.05, 0.1) is 5.41 Å². The van der Waals surface area contributed by atoms with Crippen LogP contribution in [0.25, 0.3) is 17.2 Å². The van der Waals surface area contributed by atoms with Gasteiger partial charge in [0, 0.05) is 0 Å². The molecule has 1 aliphatic rings. The molecule has 0 spiro atoms. The van der Waals surface area contributed by atoms with Crippen molar-refractivity contribution in [3.63, 3.8) is 0 Å². The van der Waals surface area contributed by atoms with Gasteiger partial charge in [-0.05, 0) is 45.9 Å². The maximum Gasteiger partial charge on any atom is 0.0725 e. The van der Waals surface area contributed by atoms with Crippen LogP contribution in [0.4, 0.5) is 0 Å². The maximum atomic E-state index is 2.29. The minimum atomic E-state index is -0.250. The minimum absolute atomic E-state index is 0.250. The van der Waals surface area contributed by atoms with Gasteiger partial charge in [-0.1, -0.05) is 127 Å². The molecule has 5 rings (SSSR count). The van der Waals surface area contributed by atoms with E-state index in [-0.39, 0.29) is 5.41 Å². The van der Waals surface area contributed by atoms with Crippen LogP contribution in [0.15, 0.2) is 121 Å². The lowest BCUT2D eigenvalue weighted by Gasteiger charge is -2.25. The van der Waals surface area contributed by atoms with Crippen molar-refractivity contribution in [2.24, 2.45) is 0 Å². The molecule has 0 bridgehead atoms. The second-order valence-corrected chi connectivity index (χ2v) is 7.69. The lowest BCUT2D eigenvalue weighted by Crippen LogP contribution is -2.17. The van der Waals surface area contributed by atoms with Crippen molar-refractivity contribution in [3.05, 3.63) is 149 Å². The Labute approximate surface area is 178 Å². The highest BCUT2D eigenvalue weighted by Crippen LogP contribution is 2.68. The summed E-state index contributed by atoms with van der Waals surface area (Å²) >= 11 is 0. The van der Waals surface area contributed by atoms with E-state index in [4.69, 9.17) is 0 Å². The average molecular weight is 385 g/mol. The lowest BCUT2D eigenvalue weighted by molar-refractivity contribution is 0.953. The molecule has 0 nitrogen and oxygen atoms in total. The van der Waals surface area contributed by atoms with Crippen LogP contribution in [-0.2, 0) is 5.41 Å². The highest BCUT2D eigenvalue weighted by atomic mass is 14.6. The topological polar surface area (TPSA) is 0 Å². The second-order valence-electron chi connectivity index (χ2n) is 7.69. The van der Waals surface area contributed by atoms with E-state index in [9.17, 15) is 0 Å². The summed E-state index contributed by atoms with van der Waals surface area (Å²) in [6.07, 6.45) is 4.36. The van der Waals surface area contributed by atoms with Crippen LogP contribution < -0.4 is 0 Å². The quantitative estimate of drug-likeness (QED) is 0.332. The van der Waals surface area contributed by atoms with E-state index < -0.39 is 0 Å². The van der Waals surface area contributed by atoms with Crippen LogP contribution in [0.5, 0.6) is 0 Å². The van der Waals surface area contributed by atoms with Crippen molar-refractivity contribution in [2.75, 3.05) is 0 Å². The summed E-state index contributed by atoms with van der Waals surface area (Å²) in [7, 11) is 0. The van der Waals surface area contributed by atoms with Crippen LogP contribution in [0, 0.1) is 0 Å². The molecule has 0 aromatic heterocycles. The molecule has 4 aromatic rings. The molecule has 0 heterocycles. The van der Waals surface area contributed by atoms with Crippen molar-refractivity contribution >= 4 is 17.2 Å². The molecule has 1 aliphatic carbocycles. The zero-order valence-corrected chi connectivity index (χ0v) is 17.1. The highest BCUT2D eigenvalue weighted by molar-refractivity contribution is 6.22. The summed E-state index contributed by atoms with van der Waals surface area (Å²) in [6.45, 7) is 2.09. The Balaban J connectivity index is 1.84. The van der Waals surface area contributed by atoms with Gasteiger partial charge >= 0.3 is 0 Å². The van der Waals surface area contributed by atoms with Crippen molar-refractivity contribution in [1.29, 1.82) is 0 Å². The fourth-order valence-corrected chi connectivity index (χ4v) is 4.78. The first kappa shape index (κ1) is 18.4. The van der Waals surface area contributed by atoms with Gasteiger partial charge in [0.15, 0.2) is 0 Å². The molecule has 4 aromatic carbocycles. The van der Waals surface area contributed by atoms with Crippen molar-refractivity contribution in [1.82, 2.24) is 0 Å². The van der Waals surface area contributed by atoms with E-state index in [1.54, 1.807) is 0 Å². The van der Waals surface area contributed by atoms with Crippen molar-refractivity contribution in [2.45, 2.75) is 12.3 Å². The first-order valence-corrected chi connectivity index (χ1v) is 10.5. The van der Waals surface area contributed by atoms with Gasteiger partial charge in [0.1, 0.15) is 0 Å². The Bertz CT molecular complexity index is 1160. The van der Waals surface area contributed by atoms with E-state index in [1.807, 2.05) is 0 Å². The molecule has 0 amide bonds. The lowest BCUT2D eigenvalue weighted by atomic mass is 9.77. The molecule has 0 saturated heterocycles. The number of hydrogen-bond donors (Lipinski definition) is 0. The largest absolute Gasteiger partial charge is 0.0871 e. The number of hydrogen-bond acceptors (Lipinski definition) is 0. The molecule has 0 unspecified atom stereocenters. The van der Waals surface area contributed by atoms with E-state index in [2.05, 4.69) is 134 Å². The van der Waals surface area contributed by atoms with Crippen LogP contribution in [0.2, 0.25) is 0 Å².